The second-order valence-electron chi connectivity index (χ2n) is 5.42. The molecule has 0 saturated heterocycles. The van der Waals surface area contributed by atoms with Gasteiger partial charge in [0.05, 0.1) is 23.9 Å². The molecular formula is C19H21N3O. The van der Waals surface area contributed by atoms with Gasteiger partial charge in [0.25, 0.3) is 0 Å². The summed E-state index contributed by atoms with van der Waals surface area (Å²) in [5, 5.41) is 18.7. The third-order valence-corrected chi connectivity index (χ3v) is 3.73. The predicted molar refractivity (Wildman–Crippen MR) is 91.3 cm³/mol. The predicted octanol–water partition coefficient (Wildman–Crippen LogP) is 3.17. The van der Waals surface area contributed by atoms with Crippen molar-refractivity contribution in [3.05, 3.63) is 65.0 Å². The Balaban J connectivity index is 2.23. The monoisotopic (exact) mass is 307 g/mol. The van der Waals surface area contributed by atoms with Gasteiger partial charge in [0.15, 0.2) is 0 Å². The summed E-state index contributed by atoms with van der Waals surface area (Å²) in [5.74, 6) is 0. The number of pyridine rings is 1. The van der Waals surface area contributed by atoms with E-state index in [1.54, 1.807) is 12.3 Å². The molecular weight excluding hydrogens is 286 g/mol. The molecule has 0 fully saturated rings. The molecule has 3 N–H and O–H groups in total. The quantitative estimate of drug-likeness (QED) is 0.858. The minimum atomic E-state index is -0.0369. The van der Waals surface area contributed by atoms with Crippen LogP contribution in [0.1, 0.15) is 30.9 Å². The highest BCUT2D eigenvalue weighted by Crippen LogP contribution is 2.22. The highest BCUT2D eigenvalue weighted by Gasteiger charge is 2.07. The molecule has 0 unspecified atom stereocenters. The number of nitrogens with two attached hydrogens (primary N) is 1. The molecule has 118 valence electrons. The highest BCUT2D eigenvalue weighted by atomic mass is 16.3. The van der Waals surface area contributed by atoms with Crippen LogP contribution in [-0.2, 0) is 6.42 Å². The first-order valence-corrected chi connectivity index (χ1v) is 7.71. The molecule has 0 radical (unpaired) electrons. The lowest BCUT2D eigenvalue weighted by Gasteiger charge is -2.10. The Hall–Kier alpha value is -2.64. The Morgan fingerprint density at radius 2 is 2.04 bits per heavy atom. The summed E-state index contributed by atoms with van der Waals surface area (Å²) in [7, 11) is 0. The number of aliphatic hydroxyl groups is 1. The van der Waals surface area contributed by atoms with Crippen LogP contribution < -0.4 is 5.73 Å². The van der Waals surface area contributed by atoms with Gasteiger partial charge < -0.3 is 10.8 Å². The number of rotatable bonds is 6. The van der Waals surface area contributed by atoms with Crippen molar-refractivity contribution in [3.63, 3.8) is 0 Å². The van der Waals surface area contributed by atoms with Crippen LogP contribution in [0, 0.1) is 11.3 Å². The Bertz CT molecular complexity index is 727. The van der Waals surface area contributed by atoms with Crippen LogP contribution >= 0.6 is 0 Å². The second-order valence-corrected chi connectivity index (χ2v) is 5.42. The fourth-order valence-electron chi connectivity index (χ4n) is 2.46. The average molecular weight is 307 g/mol. The second kappa shape index (κ2) is 8.11. The van der Waals surface area contributed by atoms with E-state index in [4.69, 9.17) is 5.73 Å². The van der Waals surface area contributed by atoms with E-state index in [9.17, 15) is 10.4 Å². The maximum atomic E-state index is 9.49. The molecule has 0 atom stereocenters. The van der Waals surface area contributed by atoms with Crippen LogP contribution in [0.2, 0.25) is 0 Å². The summed E-state index contributed by atoms with van der Waals surface area (Å²) in [4.78, 5) is 4.45. The van der Waals surface area contributed by atoms with E-state index in [0.717, 1.165) is 40.9 Å². The largest absolute Gasteiger partial charge is 0.402 e. The molecule has 0 bridgehead atoms. The lowest BCUT2D eigenvalue weighted by molar-refractivity contribution is 0.326. The number of nitriles is 1. The first-order valence-electron chi connectivity index (χ1n) is 7.71. The first kappa shape index (κ1) is 16.7. The van der Waals surface area contributed by atoms with Crippen molar-refractivity contribution in [3.8, 4) is 17.3 Å². The van der Waals surface area contributed by atoms with E-state index >= 15 is 0 Å². The van der Waals surface area contributed by atoms with Gasteiger partial charge in [0.2, 0.25) is 0 Å². The number of allylic oxidation sites excluding steroid dienone is 1. The highest BCUT2D eigenvalue weighted by molar-refractivity contribution is 5.67. The van der Waals surface area contributed by atoms with Gasteiger partial charge in [-0.25, -0.2) is 0 Å². The van der Waals surface area contributed by atoms with Crippen molar-refractivity contribution < 1.29 is 5.11 Å². The van der Waals surface area contributed by atoms with Crippen LogP contribution in [0.25, 0.3) is 11.3 Å². The number of nitrogens with zero attached hydrogens (tertiary/aromatic N) is 2. The van der Waals surface area contributed by atoms with E-state index in [2.05, 4.69) is 18.0 Å². The van der Waals surface area contributed by atoms with Crippen LogP contribution in [-0.4, -0.2) is 16.7 Å². The normalized spacial score (nSPS) is 11.7. The molecule has 1 aromatic heterocycles. The van der Waals surface area contributed by atoms with E-state index in [-0.39, 0.29) is 6.61 Å². The van der Waals surface area contributed by atoms with Crippen LogP contribution in [0.15, 0.2) is 53.9 Å². The summed E-state index contributed by atoms with van der Waals surface area (Å²) in [6.45, 7) is 2.02. The van der Waals surface area contributed by atoms with E-state index < -0.39 is 0 Å². The minimum absolute atomic E-state index is 0.0369. The number of hydrogen-bond acceptors (Lipinski definition) is 4. The van der Waals surface area contributed by atoms with Gasteiger partial charge in [-0.15, -0.1) is 0 Å². The zero-order valence-electron chi connectivity index (χ0n) is 13.3. The topological polar surface area (TPSA) is 82.9 Å². The van der Waals surface area contributed by atoms with Gasteiger partial charge in [0.1, 0.15) is 0 Å². The fraction of sp³-hybridized carbons (Fsp3) is 0.263. The van der Waals surface area contributed by atoms with Gasteiger partial charge in [-0.1, -0.05) is 37.6 Å². The van der Waals surface area contributed by atoms with Gasteiger partial charge in [0, 0.05) is 17.5 Å². The summed E-state index contributed by atoms with van der Waals surface area (Å²) in [6, 6.07) is 13.4. The summed E-state index contributed by atoms with van der Waals surface area (Å²) in [5.41, 5.74) is 10.8. The van der Waals surface area contributed by atoms with Gasteiger partial charge in [-0.2, -0.15) is 5.26 Å². The molecule has 23 heavy (non-hydrogen) atoms. The molecule has 0 aliphatic heterocycles. The maximum Gasteiger partial charge on any atom is 0.0998 e. The van der Waals surface area contributed by atoms with Crippen molar-refractivity contribution in [1.82, 2.24) is 4.98 Å². The van der Waals surface area contributed by atoms with Crippen molar-refractivity contribution >= 4 is 0 Å². The first-order chi connectivity index (χ1) is 11.2. The number of hydrogen-bond donors (Lipinski definition) is 2. The molecule has 0 aliphatic rings. The van der Waals surface area contributed by atoms with Crippen molar-refractivity contribution in [1.29, 1.82) is 5.26 Å². The number of aromatic nitrogens is 1. The van der Waals surface area contributed by atoms with Gasteiger partial charge in [-0.3, -0.25) is 4.98 Å². The summed E-state index contributed by atoms with van der Waals surface area (Å²) in [6.07, 6.45) is 4.11. The zero-order valence-corrected chi connectivity index (χ0v) is 13.3. The maximum absolute atomic E-state index is 9.49. The Morgan fingerprint density at radius 3 is 2.65 bits per heavy atom. The summed E-state index contributed by atoms with van der Waals surface area (Å²) >= 11 is 0. The minimum Gasteiger partial charge on any atom is -0.402 e. The fourth-order valence-corrected chi connectivity index (χ4v) is 2.46. The lowest BCUT2D eigenvalue weighted by atomic mass is 10.0. The van der Waals surface area contributed by atoms with Gasteiger partial charge >= 0.3 is 0 Å². The zero-order chi connectivity index (χ0) is 16.7. The lowest BCUT2D eigenvalue weighted by Crippen LogP contribution is -2.08. The molecule has 0 amide bonds. The van der Waals surface area contributed by atoms with Crippen LogP contribution in [0.4, 0.5) is 0 Å². The van der Waals surface area contributed by atoms with Crippen molar-refractivity contribution in [2.45, 2.75) is 26.2 Å². The van der Waals surface area contributed by atoms with E-state index in [1.807, 2.05) is 30.3 Å². The SMILES string of the molecule is CCCC(N)=C(CO)Cc1ccc(-c2ccccc2C#N)nc1. The van der Waals surface area contributed by atoms with Gasteiger partial charge in [-0.05, 0) is 36.1 Å². The molecule has 0 aliphatic carbocycles. The van der Waals surface area contributed by atoms with Crippen LogP contribution in [0.5, 0.6) is 0 Å². The summed E-state index contributed by atoms with van der Waals surface area (Å²) < 4.78 is 0. The molecule has 2 aromatic rings. The molecule has 0 spiro atoms. The molecule has 4 nitrogen and oxygen atoms in total. The molecule has 0 saturated carbocycles. The van der Waals surface area contributed by atoms with Crippen molar-refractivity contribution in [2.24, 2.45) is 5.73 Å². The average Bonchev–Trinajstić information content (AvgIpc) is 2.60. The van der Waals surface area contributed by atoms with E-state index in [0.29, 0.717) is 12.0 Å². The number of benzene rings is 1. The molecule has 1 aromatic carbocycles. The smallest absolute Gasteiger partial charge is 0.0998 e. The number of aliphatic hydroxyl groups excluding tert-OH is 1. The van der Waals surface area contributed by atoms with Crippen molar-refractivity contribution in [2.75, 3.05) is 6.61 Å². The third-order valence-electron chi connectivity index (χ3n) is 3.73. The van der Waals surface area contributed by atoms with Crippen LogP contribution in [0.3, 0.4) is 0 Å². The Morgan fingerprint density at radius 1 is 1.26 bits per heavy atom. The third kappa shape index (κ3) is 4.18. The molecule has 4 heteroatoms. The molecule has 1 heterocycles. The van der Waals surface area contributed by atoms with E-state index in [1.165, 1.54) is 0 Å². The standard InChI is InChI=1S/C19H21N3O/c1-2-5-18(21)16(13-23)10-14-8-9-19(22-12-14)17-7-4-3-6-15(17)11-20/h3-4,6-9,12,23H,2,5,10,13,21H2,1H3. The molecule has 2 rings (SSSR count). The Labute approximate surface area is 136 Å². The Kier molecular flexibility index (Phi) is 5.90.